The third-order valence-corrected chi connectivity index (χ3v) is 5.87. The summed E-state index contributed by atoms with van der Waals surface area (Å²) in [7, 11) is 0. The number of pyridine rings is 1. The van der Waals surface area contributed by atoms with Gasteiger partial charge in [-0.1, -0.05) is 5.21 Å². The number of alkyl halides is 2. The van der Waals surface area contributed by atoms with Crippen LogP contribution in [-0.4, -0.2) is 53.3 Å². The highest BCUT2D eigenvalue weighted by Crippen LogP contribution is 2.46. The fourth-order valence-corrected chi connectivity index (χ4v) is 3.73. The van der Waals surface area contributed by atoms with E-state index >= 15 is 0 Å². The molecule has 10 nitrogen and oxygen atoms in total. The average Bonchev–Trinajstić information content (AvgIpc) is 3.22. The van der Waals surface area contributed by atoms with Gasteiger partial charge in [0.05, 0.1) is 23.0 Å². The molecule has 1 aromatic carbocycles. The average molecular weight is 467 g/mol. The van der Waals surface area contributed by atoms with E-state index in [9.17, 15) is 18.4 Å². The summed E-state index contributed by atoms with van der Waals surface area (Å²) in [6.07, 6.45) is 6.04. The van der Waals surface area contributed by atoms with Crippen molar-refractivity contribution in [3.05, 3.63) is 60.0 Å². The molecule has 1 aliphatic carbocycles. The smallest absolute Gasteiger partial charge is 0.337 e. The molecule has 12 heteroatoms. The van der Waals surface area contributed by atoms with Gasteiger partial charge >= 0.3 is 12.5 Å². The minimum Gasteiger partial charge on any atom is -0.478 e. The maximum absolute atomic E-state index is 12.8. The van der Waals surface area contributed by atoms with E-state index in [1.807, 2.05) is 0 Å². The summed E-state index contributed by atoms with van der Waals surface area (Å²) in [5.74, 6) is -1.34. The number of carbonyl (C=O) groups excluding carboxylic acids is 1. The lowest BCUT2D eigenvalue weighted by atomic mass is 10.1. The van der Waals surface area contributed by atoms with Gasteiger partial charge in [0.25, 0.3) is 5.91 Å². The van der Waals surface area contributed by atoms with Crippen molar-refractivity contribution in [1.29, 1.82) is 0 Å². The lowest BCUT2D eigenvalue weighted by Crippen LogP contribution is -2.32. The van der Waals surface area contributed by atoms with Crippen LogP contribution in [0.4, 0.5) is 8.78 Å². The van der Waals surface area contributed by atoms with Gasteiger partial charge in [-0.3, -0.25) is 14.5 Å². The zero-order chi connectivity index (χ0) is 23.9. The van der Waals surface area contributed by atoms with Crippen LogP contribution in [0.25, 0.3) is 22.3 Å². The Hall–Kier alpha value is -4.22. The SMILES string of the molecule is O=C(O)c1ccc(-c2cn(CC3(CNC(=O)c4ccc5nn(C(F)F)cc5c4)CC3)nn2)nc1. The minimum absolute atomic E-state index is 0.0887. The second kappa shape index (κ2) is 8.28. The molecule has 1 aliphatic rings. The molecule has 0 unspecified atom stereocenters. The monoisotopic (exact) mass is 467 g/mol. The Morgan fingerprint density at radius 2 is 1.91 bits per heavy atom. The highest BCUT2D eigenvalue weighted by atomic mass is 19.3. The van der Waals surface area contributed by atoms with Crippen molar-refractivity contribution in [2.75, 3.05) is 6.54 Å². The molecule has 4 aromatic rings. The van der Waals surface area contributed by atoms with Crippen LogP contribution < -0.4 is 5.32 Å². The standard InChI is InChI=1S/C22H19F2N7O3/c23-21(24)31-9-15-7-13(1-3-16(15)28-31)19(32)26-11-22(5-6-22)12-30-10-18(27-29-30)17-4-2-14(8-25-17)20(33)34/h1-4,7-10,21H,5-6,11-12H2,(H,26,32)(H,33,34). The Labute approximate surface area is 191 Å². The number of rotatable bonds is 8. The fourth-order valence-electron chi connectivity index (χ4n) is 3.73. The third-order valence-electron chi connectivity index (χ3n) is 5.87. The fraction of sp³-hybridized carbons (Fsp3) is 0.273. The van der Waals surface area contributed by atoms with Gasteiger partial charge in [0.2, 0.25) is 0 Å². The first kappa shape index (κ1) is 21.6. The molecule has 0 saturated heterocycles. The minimum atomic E-state index is -2.74. The van der Waals surface area contributed by atoms with Crippen LogP contribution in [0, 0.1) is 5.41 Å². The van der Waals surface area contributed by atoms with Gasteiger partial charge in [0.15, 0.2) is 0 Å². The van der Waals surface area contributed by atoms with Gasteiger partial charge < -0.3 is 10.4 Å². The van der Waals surface area contributed by atoms with E-state index < -0.39 is 12.5 Å². The van der Waals surface area contributed by atoms with Crippen LogP contribution in [0.5, 0.6) is 0 Å². The predicted molar refractivity (Wildman–Crippen MR) is 115 cm³/mol. The molecule has 34 heavy (non-hydrogen) atoms. The maximum Gasteiger partial charge on any atom is 0.337 e. The molecule has 174 valence electrons. The number of benzene rings is 1. The zero-order valence-corrected chi connectivity index (χ0v) is 17.7. The molecule has 0 bridgehead atoms. The van der Waals surface area contributed by atoms with Crippen molar-refractivity contribution in [3.8, 4) is 11.4 Å². The van der Waals surface area contributed by atoms with Gasteiger partial charge in [-0.05, 0) is 43.2 Å². The van der Waals surface area contributed by atoms with Gasteiger partial charge in [-0.15, -0.1) is 5.10 Å². The van der Waals surface area contributed by atoms with Crippen molar-refractivity contribution in [1.82, 2.24) is 35.1 Å². The summed E-state index contributed by atoms with van der Waals surface area (Å²) in [6, 6.07) is 7.68. The van der Waals surface area contributed by atoms with Crippen molar-refractivity contribution < 1.29 is 23.5 Å². The first-order chi connectivity index (χ1) is 16.3. The summed E-state index contributed by atoms with van der Waals surface area (Å²) in [4.78, 5) is 27.7. The predicted octanol–water partition coefficient (Wildman–Crippen LogP) is 2.99. The van der Waals surface area contributed by atoms with Crippen LogP contribution in [0.3, 0.4) is 0 Å². The lowest BCUT2D eigenvalue weighted by Gasteiger charge is -2.15. The van der Waals surface area contributed by atoms with E-state index in [1.165, 1.54) is 18.5 Å². The van der Waals surface area contributed by atoms with E-state index in [4.69, 9.17) is 5.11 Å². The summed E-state index contributed by atoms with van der Waals surface area (Å²) < 4.78 is 27.9. The van der Waals surface area contributed by atoms with E-state index in [0.717, 1.165) is 12.8 Å². The van der Waals surface area contributed by atoms with Crippen LogP contribution in [-0.2, 0) is 6.54 Å². The number of nitrogens with one attached hydrogen (secondary N) is 1. The molecule has 0 radical (unpaired) electrons. The van der Waals surface area contributed by atoms with E-state index in [2.05, 4.69) is 25.7 Å². The van der Waals surface area contributed by atoms with E-state index in [1.54, 1.807) is 35.1 Å². The molecule has 3 aromatic heterocycles. The Kier molecular flexibility index (Phi) is 5.27. The number of aromatic nitrogens is 6. The van der Waals surface area contributed by atoms with Crippen molar-refractivity contribution in [3.63, 3.8) is 0 Å². The van der Waals surface area contributed by atoms with Crippen LogP contribution in [0.15, 0.2) is 48.9 Å². The number of aromatic carboxylic acids is 1. The summed E-state index contributed by atoms with van der Waals surface area (Å²) >= 11 is 0. The second-order valence-electron chi connectivity index (χ2n) is 8.38. The quantitative estimate of drug-likeness (QED) is 0.408. The molecular weight excluding hydrogens is 448 g/mol. The molecule has 2 N–H and O–H groups in total. The Balaban J connectivity index is 1.22. The highest BCUT2D eigenvalue weighted by molar-refractivity contribution is 5.97. The van der Waals surface area contributed by atoms with Crippen molar-refractivity contribution >= 4 is 22.8 Å². The number of hydrogen-bond donors (Lipinski definition) is 2. The molecule has 0 spiro atoms. The molecule has 0 atom stereocenters. The largest absolute Gasteiger partial charge is 0.478 e. The van der Waals surface area contributed by atoms with Crippen molar-refractivity contribution in [2.24, 2.45) is 5.41 Å². The second-order valence-corrected chi connectivity index (χ2v) is 8.38. The number of carbonyl (C=O) groups is 2. The van der Waals surface area contributed by atoms with Gasteiger partial charge in [0.1, 0.15) is 5.69 Å². The molecule has 1 fully saturated rings. The molecule has 5 rings (SSSR count). The normalized spacial score (nSPS) is 14.4. The van der Waals surface area contributed by atoms with Crippen LogP contribution >= 0.6 is 0 Å². The first-order valence-corrected chi connectivity index (χ1v) is 10.5. The number of carboxylic acid groups (broad SMARTS) is 1. The number of amides is 1. The topological polar surface area (TPSA) is 128 Å². The molecule has 0 aliphatic heterocycles. The third kappa shape index (κ3) is 4.34. The molecule has 1 saturated carbocycles. The maximum atomic E-state index is 12.8. The summed E-state index contributed by atoms with van der Waals surface area (Å²) in [5, 5.41) is 24.4. The van der Waals surface area contributed by atoms with E-state index in [0.29, 0.717) is 45.6 Å². The Morgan fingerprint density at radius 3 is 2.59 bits per heavy atom. The Bertz CT molecular complexity index is 1380. The zero-order valence-electron chi connectivity index (χ0n) is 17.7. The Morgan fingerprint density at radius 1 is 1.12 bits per heavy atom. The molecule has 1 amide bonds. The first-order valence-electron chi connectivity index (χ1n) is 10.5. The van der Waals surface area contributed by atoms with Crippen LogP contribution in [0.1, 0.15) is 40.1 Å². The molecule has 3 heterocycles. The highest BCUT2D eigenvalue weighted by Gasteiger charge is 2.43. The molecular formula is C22H19F2N7O3. The lowest BCUT2D eigenvalue weighted by molar-refractivity contribution is 0.0573. The number of hydrogen-bond acceptors (Lipinski definition) is 6. The van der Waals surface area contributed by atoms with Crippen LogP contribution in [0.2, 0.25) is 0 Å². The van der Waals surface area contributed by atoms with E-state index in [-0.39, 0.29) is 16.9 Å². The summed E-state index contributed by atoms with van der Waals surface area (Å²) in [6.45, 7) is -1.76. The van der Waals surface area contributed by atoms with Crippen molar-refractivity contribution in [2.45, 2.75) is 25.9 Å². The van der Waals surface area contributed by atoms with Gasteiger partial charge in [-0.25, -0.2) is 9.48 Å². The number of carboxylic acids is 1. The van der Waals surface area contributed by atoms with Gasteiger partial charge in [0, 0.05) is 41.8 Å². The number of halogens is 2. The number of fused-ring (bicyclic) bond motifs is 1. The van der Waals surface area contributed by atoms with Gasteiger partial charge in [-0.2, -0.15) is 13.9 Å². The number of nitrogens with zero attached hydrogens (tertiary/aromatic N) is 6. The summed E-state index contributed by atoms with van der Waals surface area (Å²) in [5.41, 5.74) is 1.74.